The van der Waals surface area contributed by atoms with Crippen LogP contribution in [0.2, 0.25) is 0 Å². The van der Waals surface area contributed by atoms with E-state index in [1.54, 1.807) is 0 Å². The topological polar surface area (TPSA) is 142 Å². The molecule has 1 heterocycles. The molecule has 1 saturated heterocycles. The Balaban J connectivity index is 0.00000225. The third kappa shape index (κ3) is 3.30. The summed E-state index contributed by atoms with van der Waals surface area (Å²) >= 11 is 3.81. The number of thiol groups is 1. The summed E-state index contributed by atoms with van der Waals surface area (Å²) in [5, 5.41) is 37.0. The fourth-order valence-corrected chi connectivity index (χ4v) is 1.69. The first kappa shape index (κ1) is 15.6. The van der Waals surface area contributed by atoms with E-state index in [4.69, 9.17) is 9.84 Å². The molecule has 0 aromatic carbocycles. The highest BCUT2D eigenvalue weighted by Gasteiger charge is 2.42. The lowest BCUT2D eigenvalue weighted by molar-refractivity contribution is -0.206. The minimum absolute atomic E-state index is 0. The van der Waals surface area contributed by atoms with Gasteiger partial charge in [0.25, 0.3) is 0 Å². The maximum absolute atomic E-state index is 10.6. The number of carboxylic acid groups (broad SMARTS) is 1. The number of carbonyl (C=O) groups is 1. The van der Waals surface area contributed by atoms with Crippen molar-refractivity contribution in [3.8, 4) is 0 Å². The minimum Gasteiger partial charge on any atom is -0.479 e. The highest BCUT2D eigenvalue weighted by atomic mass is 32.1. The van der Waals surface area contributed by atoms with Crippen LogP contribution >= 0.6 is 12.6 Å². The highest BCUT2D eigenvalue weighted by molar-refractivity contribution is 7.80. The van der Waals surface area contributed by atoms with Gasteiger partial charge >= 0.3 is 5.97 Å². The molecule has 1 aliphatic rings. The van der Waals surface area contributed by atoms with Crippen molar-refractivity contribution in [1.29, 1.82) is 0 Å². The van der Waals surface area contributed by atoms with Gasteiger partial charge in [-0.2, -0.15) is 12.6 Å². The largest absolute Gasteiger partial charge is 0.479 e. The van der Waals surface area contributed by atoms with Crippen LogP contribution in [-0.2, 0) is 9.53 Å². The molecule has 0 amide bonds. The van der Waals surface area contributed by atoms with E-state index >= 15 is 0 Å². The zero-order chi connectivity index (χ0) is 11.6. The molecular weight excluding hydrogens is 238 g/mol. The number of carboxylic acids is 1. The zero-order valence-electron chi connectivity index (χ0n) is 8.56. The Morgan fingerprint density at radius 3 is 2.50 bits per heavy atom. The van der Waals surface area contributed by atoms with Gasteiger partial charge in [-0.25, -0.2) is 4.79 Å². The van der Waals surface area contributed by atoms with Gasteiger partial charge in [-0.3, -0.25) is 0 Å². The summed E-state index contributed by atoms with van der Waals surface area (Å²) in [5.74, 6) is -1.21. The number of ether oxygens (including phenoxy) is 1. The van der Waals surface area contributed by atoms with E-state index in [1.807, 2.05) is 0 Å². The second kappa shape index (κ2) is 6.38. The van der Waals surface area contributed by atoms with Gasteiger partial charge in [0, 0.05) is 12.2 Å². The molecule has 0 spiro atoms. The fourth-order valence-electron chi connectivity index (χ4n) is 1.48. The number of hydrogen-bond donors (Lipinski definition) is 6. The molecule has 0 bridgehead atoms. The van der Waals surface area contributed by atoms with Gasteiger partial charge in [-0.1, -0.05) is 0 Å². The summed E-state index contributed by atoms with van der Waals surface area (Å²) in [6.07, 6.45) is -6.12. The molecule has 0 aromatic heterocycles. The summed E-state index contributed by atoms with van der Waals surface area (Å²) in [6, 6.07) is 0. The van der Waals surface area contributed by atoms with Gasteiger partial charge in [-0.05, 0) is 0 Å². The molecule has 1 fully saturated rings. The van der Waals surface area contributed by atoms with E-state index in [0.29, 0.717) is 0 Å². The van der Waals surface area contributed by atoms with Crippen LogP contribution in [0.3, 0.4) is 0 Å². The molecule has 0 aromatic rings. The van der Waals surface area contributed by atoms with Crippen molar-refractivity contribution in [2.24, 2.45) is 0 Å². The van der Waals surface area contributed by atoms with Crippen molar-refractivity contribution in [2.45, 2.75) is 36.9 Å². The van der Waals surface area contributed by atoms with Crippen LogP contribution in [0.1, 0.15) is 6.42 Å². The van der Waals surface area contributed by atoms with E-state index in [1.165, 1.54) is 0 Å². The summed E-state index contributed by atoms with van der Waals surface area (Å²) < 4.78 is 4.97. The van der Waals surface area contributed by atoms with Crippen LogP contribution in [0.25, 0.3) is 0 Å². The Morgan fingerprint density at radius 2 is 2.06 bits per heavy atom. The Morgan fingerprint density at radius 1 is 1.50 bits per heavy atom. The molecule has 7 N–H and O–H groups in total. The predicted octanol–water partition coefficient (Wildman–Crippen LogP) is -1.60. The van der Waals surface area contributed by atoms with Crippen LogP contribution in [0.15, 0.2) is 0 Å². The summed E-state index contributed by atoms with van der Waals surface area (Å²) in [5.41, 5.74) is 0. The average Bonchev–Trinajstić information content (AvgIpc) is 2.20. The molecule has 0 saturated carbocycles. The maximum atomic E-state index is 10.6. The lowest BCUT2D eigenvalue weighted by Gasteiger charge is -2.37. The van der Waals surface area contributed by atoms with Crippen molar-refractivity contribution in [2.75, 3.05) is 5.75 Å². The van der Waals surface area contributed by atoms with Crippen LogP contribution in [0.5, 0.6) is 0 Å². The number of aliphatic hydroxyl groups excluding tert-OH is 3. The van der Waals surface area contributed by atoms with Gasteiger partial charge in [0.2, 0.25) is 0 Å². The second-order valence-electron chi connectivity index (χ2n) is 3.47. The van der Waals surface area contributed by atoms with Crippen molar-refractivity contribution >= 4 is 18.6 Å². The van der Waals surface area contributed by atoms with Crippen molar-refractivity contribution in [3.63, 3.8) is 0 Å². The average molecular weight is 255 g/mol. The normalized spacial score (nSPS) is 36.2. The van der Waals surface area contributed by atoms with E-state index < -0.39 is 36.5 Å². The van der Waals surface area contributed by atoms with Gasteiger partial charge < -0.3 is 31.3 Å². The second-order valence-corrected chi connectivity index (χ2v) is 3.84. The van der Waals surface area contributed by atoms with Crippen molar-refractivity contribution < 1.29 is 30.0 Å². The van der Waals surface area contributed by atoms with E-state index in [9.17, 15) is 20.1 Å². The molecule has 8 heteroatoms. The molecule has 1 rings (SSSR count). The monoisotopic (exact) mass is 255 g/mol. The number of rotatable bonds is 3. The summed E-state index contributed by atoms with van der Waals surface area (Å²) in [7, 11) is 0. The lowest BCUT2D eigenvalue weighted by Crippen LogP contribution is -2.55. The van der Waals surface area contributed by atoms with Crippen LogP contribution in [0.4, 0.5) is 0 Å². The first-order valence-electron chi connectivity index (χ1n) is 4.50. The number of aliphatic carboxylic acids is 1. The molecule has 7 nitrogen and oxygen atoms in total. The Bertz CT molecular complexity index is 241. The molecule has 1 aliphatic heterocycles. The molecule has 0 unspecified atom stereocenters. The van der Waals surface area contributed by atoms with Crippen LogP contribution in [0, 0.1) is 0 Å². The summed E-state index contributed by atoms with van der Waals surface area (Å²) in [6.45, 7) is 0. The van der Waals surface area contributed by atoms with E-state index in [2.05, 4.69) is 12.6 Å². The molecule has 16 heavy (non-hydrogen) atoms. The van der Waals surface area contributed by atoms with Crippen molar-refractivity contribution in [3.05, 3.63) is 0 Å². The number of aliphatic hydroxyl groups is 3. The molecule has 0 aliphatic carbocycles. The van der Waals surface area contributed by atoms with Gasteiger partial charge in [-0.15, -0.1) is 0 Å². The molecular formula is C8H17NO6S. The maximum Gasteiger partial charge on any atom is 0.332 e. The zero-order valence-corrected chi connectivity index (χ0v) is 9.46. The Kier molecular flexibility index (Phi) is 6.23. The molecule has 5 atom stereocenters. The van der Waals surface area contributed by atoms with E-state index in [0.717, 1.165) is 0 Å². The SMILES string of the molecule is N.O=C(O)[C@@H]1C[C@@H](O)[C@@H](O)[C@@H]([C@H](O)CS)O1. The van der Waals surface area contributed by atoms with Gasteiger partial charge in [0.15, 0.2) is 6.10 Å². The minimum atomic E-state index is -1.29. The van der Waals surface area contributed by atoms with Gasteiger partial charge in [0.1, 0.15) is 12.2 Å². The third-order valence-corrected chi connectivity index (χ3v) is 2.72. The van der Waals surface area contributed by atoms with Crippen molar-refractivity contribution in [1.82, 2.24) is 6.15 Å². The van der Waals surface area contributed by atoms with E-state index in [-0.39, 0.29) is 18.3 Å². The predicted molar refractivity (Wildman–Crippen MR) is 57.8 cm³/mol. The Hall–Kier alpha value is -0.380. The first-order valence-corrected chi connectivity index (χ1v) is 5.14. The summed E-state index contributed by atoms with van der Waals surface area (Å²) in [4.78, 5) is 10.6. The van der Waals surface area contributed by atoms with Crippen LogP contribution < -0.4 is 6.15 Å². The standard InChI is InChI=1S/C8H14O6S.H3N/c9-3-1-5(8(12)13)14-7(6(3)11)4(10)2-15;/h3-7,9-11,15H,1-2H2,(H,12,13);1H3/t3-,4-,5+,6-,7-;/m1./s1. The lowest BCUT2D eigenvalue weighted by atomic mass is 9.95. The third-order valence-electron chi connectivity index (χ3n) is 2.35. The smallest absolute Gasteiger partial charge is 0.332 e. The molecule has 0 radical (unpaired) electrons. The molecule has 96 valence electrons. The Labute approximate surface area is 98.0 Å². The van der Waals surface area contributed by atoms with Gasteiger partial charge in [0.05, 0.1) is 12.2 Å². The number of hydrogen-bond acceptors (Lipinski definition) is 7. The quantitative estimate of drug-likeness (QED) is 0.333. The first-order chi connectivity index (χ1) is 6.97. The van der Waals surface area contributed by atoms with Crippen LogP contribution in [-0.4, -0.2) is 62.7 Å². The fraction of sp³-hybridized carbons (Fsp3) is 0.875. The highest BCUT2D eigenvalue weighted by Crippen LogP contribution is 2.23.